The van der Waals surface area contributed by atoms with Crippen LogP contribution in [0.2, 0.25) is 0 Å². The lowest BCUT2D eigenvalue weighted by molar-refractivity contribution is 0.675. The van der Waals surface area contributed by atoms with Crippen molar-refractivity contribution < 1.29 is 0 Å². The molecule has 2 heterocycles. The summed E-state index contributed by atoms with van der Waals surface area (Å²) in [5.74, 6) is 1.05. The Kier molecular flexibility index (Phi) is 3.30. The maximum atomic E-state index is 9.14. The monoisotopic (exact) mass is 296 g/mol. The van der Waals surface area contributed by atoms with Gasteiger partial charge in [-0.2, -0.15) is 5.26 Å². The van der Waals surface area contributed by atoms with E-state index >= 15 is 0 Å². The van der Waals surface area contributed by atoms with E-state index in [1.165, 1.54) is 16.0 Å². The molecule has 3 heteroatoms. The smallest absolute Gasteiger partial charge is 0.0991 e. The van der Waals surface area contributed by atoms with Crippen molar-refractivity contribution in [3.05, 3.63) is 59.4 Å². The minimum Gasteiger partial charge on any atom is -0.265 e. The summed E-state index contributed by atoms with van der Waals surface area (Å²) >= 11 is 0. The number of nitriles is 1. The first kappa shape index (κ1) is 14.2. The third-order valence-electron chi connectivity index (χ3n) is 4.79. The Balaban J connectivity index is 2.13. The van der Waals surface area contributed by atoms with Gasteiger partial charge in [0.2, 0.25) is 0 Å². The minimum atomic E-state index is -0.985. The summed E-state index contributed by atoms with van der Waals surface area (Å²) in [4.78, 5) is 5.57. The predicted molar refractivity (Wildman–Crippen MR) is 88.7 cm³/mol. The van der Waals surface area contributed by atoms with Crippen molar-refractivity contribution in [1.29, 1.82) is 5.26 Å². The van der Waals surface area contributed by atoms with Crippen molar-refractivity contribution in [2.75, 3.05) is 6.26 Å². The Morgan fingerprint density at radius 3 is 2.52 bits per heavy atom. The van der Waals surface area contributed by atoms with E-state index in [2.05, 4.69) is 55.4 Å². The number of hydrogen-bond donors (Lipinski definition) is 0. The molecule has 2 nitrogen and oxygen atoms in total. The molecular weight excluding hydrogens is 276 g/mol. The number of aromatic nitrogens is 1. The van der Waals surface area contributed by atoms with Gasteiger partial charge in [0.15, 0.2) is 0 Å². The van der Waals surface area contributed by atoms with E-state index in [1.54, 1.807) is 0 Å². The van der Waals surface area contributed by atoms with Crippen LogP contribution < -0.4 is 0 Å². The summed E-state index contributed by atoms with van der Waals surface area (Å²) in [6.45, 7) is 4.76. The predicted octanol–water partition coefficient (Wildman–Crippen LogP) is 4.28. The molecule has 1 aromatic carbocycles. The van der Waals surface area contributed by atoms with E-state index < -0.39 is 10.0 Å². The molecule has 0 bridgehead atoms. The molecule has 1 aliphatic rings. The SMILES string of the molecule is CC1(C)Cc2ccc(C#N)cc2CS1(C)c1ccncc1. The minimum absolute atomic E-state index is 0.246. The maximum absolute atomic E-state index is 9.14. The molecule has 1 aliphatic heterocycles. The van der Waals surface area contributed by atoms with Crippen LogP contribution in [0.25, 0.3) is 0 Å². The maximum Gasteiger partial charge on any atom is 0.0991 e. The molecule has 1 unspecified atom stereocenters. The Morgan fingerprint density at radius 2 is 1.86 bits per heavy atom. The average molecular weight is 296 g/mol. The molecule has 1 atom stereocenters. The fourth-order valence-corrected chi connectivity index (χ4v) is 6.45. The van der Waals surface area contributed by atoms with E-state index in [0.29, 0.717) is 0 Å². The summed E-state index contributed by atoms with van der Waals surface area (Å²) in [6, 6.07) is 12.8. The molecular formula is C18H20N2S. The number of hydrogen-bond acceptors (Lipinski definition) is 2. The van der Waals surface area contributed by atoms with Crippen molar-refractivity contribution in [2.24, 2.45) is 0 Å². The standard InChI is InChI=1S/C18H20N2S/c1-18(2)11-15-5-4-14(12-19)10-16(15)13-21(18,3)17-6-8-20-9-7-17/h4-10H,11,13H2,1-3H3. The van der Waals surface area contributed by atoms with Crippen molar-refractivity contribution in [2.45, 2.75) is 35.7 Å². The zero-order valence-corrected chi connectivity index (χ0v) is 13.6. The van der Waals surface area contributed by atoms with Gasteiger partial charge in [0.1, 0.15) is 0 Å². The molecule has 108 valence electrons. The van der Waals surface area contributed by atoms with Gasteiger partial charge >= 0.3 is 0 Å². The second kappa shape index (κ2) is 4.89. The van der Waals surface area contributed by atoms with E-state index in [1.807, 2.05) is 18.5 Å². The fourth-order valence-electron chi connectivity index (χ4n) is 3.17. The van der Waals surface area contributed by atoms with Crippen LogP contribution in [-0.4, -0.2) is 16.0 Å². The van der Waals surface area contributed by atoms with E-state index in [-0.39, 0.29) is 4.75 Å². The molecule has 0 saturated heterocycles. The quantitative estimate of drug-likeness (QED) is 0.787. The summed E-state index contributed by atoms with van der Waals surface area (Å²) < 4.78 is 0.246. The molecule has 0 fully saturated rings. The lowest BCUT2D eigenvalue weighted by atomic mass is 9.96. The lowest BCUT2D eigenvalue weighted by Gasteiger charge is -2.53. The summed E-state index contributed by atoms with van der Waals surface area (Å²) in [5.41, 5.74) is 3.52. The van der Waals surface area contributed by atoms with Crippen LogP contribution in [0.15, 0.2) is 47.6 Å². The molecule has 2 aromatic rings. The van der Waals surface area contributed by atoms with Crippen molar-refractivity contribution in [3.8, 4) is 6.07 Å². The number of nitrogens with zero attached hydrogens (tertiary/aromatic N) is 2. The number of pyridine rings is 1. The van der Waals surface area contributed by atoms with E-state index in [9.17, 15) is 0 Å². The Bertz CT molecular complexity index is 716. The van der Waals surface area contributed by atoms with Crippen LogP contribution in [0.3, 0.4) is 0 Å². The molecule has 0 radical (unpaired) electrons. The first-order valence-corrected chi connectivity index (χ1v) is 9.35. The highest BCUT2D eigenvalue weighted by Crippen LogP contribution is 2.67. The topological polar surface area (TPSA) is 36.7 Å². The highest BCUT2D eigenvalue weighted by molar-refractivity contribution is 8.33. The lowest BCUT2D eigenvalue weighted by Crippen LogP contribution is -2.36. The molecule has 0 amide bonds. The molecule has 0 aliphatic carbocycles. The number of fused-ring (bicyclic) bond motifs is 1. The van der Waals surface area contributed by atoms with Crippen LogP contribution >= 0.6 is 10.0 Å². The van der Waals surface area contributed by atoms with E-state index in [4.69, 9.17) is 5.26 Å². The fraction of sp³-hybridized carbons (Fsp3) is 0.333. The molecule has 21 heavy (non-hydrogen) atoms. The van der Waals surface area contributed by atoms with Crippen LogP contribution in [0, 0.1) is 11.3 Å². The second-order valence-corrected chi connectivity index (χ2v) is 10.5. The number of rotatable bonds is 1. The van der Waals surface area contributed by atoms with Crippen LogP contribution in [0.5, 0.6) is 0 Å². The first-order valence-electron chi connectivity index (χ1n) is 7.14. The highest BCUT2D eigenvalue weighted by Gasteiger charge is 2.41. The zero-order chi connectivity index (χ0) is 15.1. The summed E-state index contributed by atoms with van der Waals surface area (Å²) in [6.07, 6.45) is 7.28. The van der Waals surface area contributed by atoms with Gasteiger partial charge in [0.25, 0.3) is 0 Å². The first-order chi connectivity index (χ1) is 9.96. The third-order valence-corrected chi connectivity index (χ3v) is 9.57. The van der Waals surface area contributed by atoms with Gasteiger partial charge in [-0.3, -0.25) is 4.98 Å². The molecule has 1 aromatic heterocycles. The van der Waals surface area contributed by atoms with Crippen molar-refractivity contribution in [3.63, 3.8) is 0 Å². The zero-order valence-electron chi connectivity index (χ0n) is 12.8. The summed E-state index contributed by atoms with van der Waals surface area (Å²) in [5, 5.41) is 9.14. The molecule has 0 N–H and O–H groups in total. The van der Waals surface area contributed by atoms with E-state index in [0.717, 1.165) is 17.7 Å². The van der Waals surface area contributed by atoms with Gasteiger partial charge in [-0.25, -0.2) is 10.0 Å². The molecule has 0 saturated carbocycles. The van der Waals surface area contributed by atoms with Crippen LogP contribution in [-0.2, 0) is 12.2 Å². The third kappa shape index (κ3) is 2.24. The van der Waals surface area contributed by atoms with Crippen LogP contribution in [0.1, 0.15) is 30.5 Å². The highest BCUT2D eigenvalue weighted by atomic mass is 32.3. The molecule has 3 rings (SSSR count). The Morgan fingerprint density at radius 1 is 1.14 bits per heavy atom. The van der Waals surface area contributed by atoms with Gasteiger partial charge in [0, 0.05) is 22.9 Å². The van der Waals surface area contributed by atoms with Gasteiger partial charge in [0.05, 0.1) is 11.6 Å². The second-order valence-electron chi connectivity index (χ2n) is 6.45. The van der Waals surface area contributed by atoms with Crippen LogP contribution in [0.4, 0.5) is 0 Å². The normalized spacial score (nSPS) is 26.2. The number of benzene rings is 1. The Labute approximate surface area is 128 Å². The van der Waals surface area contributed by atoms with Crippen molar-refractivity contribution in [1.82, 2.24) is 4.98 Å². The average Bonchev–Trinajstić information content (AvgIpc) is 2.48. The van der Waals surface area contributed by atoms with Gasteiger partial charge in [-0.15, -0.1) is 0 Å². The Hall–Kier alpha value is -1.79. The van der Waals surface area contributed by atoms with Gasteiger partial charge in [-0.1, -0.05) is 19.9 Å². The summed E-state index contributed by atoms with van der Waals surface area (Å²) in [7, 11) is -0.985. The van der Waals surface area contributed by atoms with Gasteiger partial charge < -0.3 is 0 Å². The molecule has 0 spiro atoms. The largest absolute Gasteiger partial charge is 0.265 e. The van der Waals surface area contributed by atoms with Gasteiger partial charge in [-0.05, 0) is 53.0 Å². The van der Waals surface area contributed by atoms with Crippen molar-refractivity contribution >= 4 is 10.0 Å².